The quantitative estimate of drug-likeness (QED) is 0.847. The van der Waals surface area contributed by atoms with Crippen molar-refractivity contribution in [1.82, 2.24) is 10.1 Å². The Bertz CT molecular complexity index is 853. The van der Waals surface area contributed by atoms with Crippen molar-refractivity contribution < 1.29 is 18.8 Å². The van der Waals surface area contributed by atoms with Crippen LogP contribution in [0.2, 0.25) is 0 Å². The second-order valence-electron chi connectivity index (χ2n) is 7.25. The minimum atomic E-state index is -0.579. The lowest BCUT2D eigenvalue weighted by Crippen LogP contribution is -2.45. The van der Waals surface area contributed by atoms with Crippen molar-refractivity contribution in [3.8, 4) is 5.75 Å². The van der Waals surface area contributed by atoms with Crippen molar-refractivity contribution >= 4 is 11.7 Å². The van der Waals surface area contributed by atoms with Gasteiger partial charge in [-0.05, 0) is 32.4 Å². The highest BCUT2D eigenvalue weighted by Gasteiger charge is 2.46. The van der Waals surface area contributed by atoms with Crippen LogP contribution in [0.1, 0.15) is 46.6 Å². The van der Waals surface area contributed by atoms with Crippen molar-refractivity contribution in [1.29, 1.82) is 0 Å². The van der Waals surface area contributed by atoms with E-state index in [1.54, 1.807) is 6.07 Å². The van der Waals surface area contributed by atoms with Gasteiger partial charge in [-0.3, -0.25) is 9.59 Å². The van der Waals surface area contributed by atoms with Crippen LogP contribution >= 0.6 is 0 Å². The number of likely N-dealkylation sites (tertiary alicyclic amines) is 1. The highest BCUT2D eigenvalue weighted by atomic mass is 16.5. The topological polar surface area (TPSA) is 72.6 Å². The Kier molecular flexibility index (Phi) is 4.05. The van der Waals surface area contributed by atoms with Gasteiger partial charge in [-0.2, -0.15) is 0 Å². The van der Waals surface area contributed by atoms with Crippen LogP contribution in [-0.4, -0.2) is 40.4 Å². The average Bonchev–Trinajstić information content (AvgIpc) is 3.17. The van der Waals surface area contributed by atoms with Crippen molar-refractivity contribution in [3.63, 3.8) is 0 Å². The highest BCUT2D eigenvalue weighted by Crippen LogP contribution is 2.38. The molecule has 1 aromatic carbocycles. The fourth-order valence-electron chi connectivity index (χ4n) is 3.98. The Balaban J connectivity index is 1.42. The van der Waals surface area contributed by atoms with Crippen molar-refractivity contribution in [2.24, 2.45) is 0 Å². The molecule has 0 saturated carbocycles. The summed E-state index contributed by atoms with van der Waals surface area (Å²) in [6.07, 6.45) is 2.04. The molecule has 0 radical (unpaired) electrons. The van der Waals surface area contributed by atoms with Gasteiger partial charge in [-0.1, -0.05) is 17.3 Å². The monoisotopic (exact) mass is 354 g/mol. The molecule has 1 aromatic heterocycles. The van der Waals surface area contributed by atoms with Crippen LogP contribution in [0.25, 0.3) is 0 Å². The number of carbonyl (C=O) groups is 2. The molecule has 1 amide bonds. The summed E-state index contributed by atoms with van der Waals surface area (Å²) in [5, 5.41) is 3.93. The lowest BCUT2D eigenvalue weighted by atomic mass is 9.89. The number of nitrogens with zero attached hydrogens (tertiary/aromatic N) is 2. The number of amides is 1. The summed E-state index contributed by atoms with van der Waals surface area (Å²) in [6.45, 7) is 4.84. The molecule has 0 N–H and O–H groups in total. The molecule has 1 unspecified atom stereocenters. The standard InChI is InChI=1S/C20H22N2O4/c1-13-15(14(2)26-21-13)7-8-19(24)22-10-9-20(12-22)11-17(23)16-5-3-4-6-18(16)25-20/h3-6H,7-12H2,1-2H3. The van der Waals surface area contributed by atoms with E-state index in [0.29, 0.717) is 50.1 Å². The Morgan fingerprint density at radius 3 is 2.88 bits per heavy atom. The summed E-state index contributed by atoms with van der Waals surface area (Å²) in [5.41, 5.74) is 1.90. The maximum atomic E-state index is 12.7. The summed E-state index contributed by atoms with van der Waals surface area (Å²) < 4.78 is 11.3. The number of ketones is 1. The lowest BCUT2D eigenvalue weighted by Gasteiger charge is -2.34. The zero-order valence-corrected chi connectivity index (χ0v) is 15.1. The molecule has 26 heavy (non-hydrogen) atoms. The van der Waals surface area contributed by atoms with Crippen LogP contribution in [0.15, 0.2) is 28.8 Å². The number of aromatic nitrogens is 1. The van der Waals surface area contributed by atoms with E-state index in [2.05, 4.69) is 5.16 Å². The second kappa shape index (κ2) is 6.27. The number of benzene rings is 1. The first-order valence-electron chi connectivity index (χ1n) is 8.98. The maximum absolute atomic E-state index is 12.7. The van der Waals surface area contributed by atoms with E-state index < -0.39 is 5.60 Å². The van der Waals surface area contributed by atoms with Gasteiger partial charge in [0.15, 0.2) is 5.78 Å². The minimum Gasteiger partial charge on any atom is -0.484 e. The van der Waals surface area contributed by atoms with Crippen molar-refractivity contribution in [2.45, 2.75) is 45.1 Å². The molecule has 1 atom stereocenters. The molecular weight excluding hydrogens is 332 g/mol. The zero-order chi connectivity index (χ0) is 18.3. The summed E-state index contributed by atoms with van der Waals surface area (Å²) >= 11 is 0. The van der Waals surface area contributed by atoms with E-state index in [0.717, 1.165) is 17.0 Å². The third kappa shape index (κ3) is 2.89. The predicted octanol–water partition coefficient (Wildman–Crippen LogP) is 2.86. The van der Waals surface area contributed by atoms with Crippen LogP contribution in [-0.2, 0) is 11.2 Å². The van der Waals surface area contributed by atoms with E-state index in [-0.39, 0.29) is 11.7 Å². The molecule has 2 aromatic rings. The molecule has 4 rings (SSSR count). The first-order chi connectivity index (χ1) is 12.5. The van der Waals surface area contributed by atoms with E-state index in [1.807, 2.05) is 36.9 Å². The van der Waals surface area contributed by atoms with Gasteiger partial charge in [0.1, 0.15) is 17.1 Å². The average molecular weight is 354 g/mol. The van der Waals surface area contributed by atoms with Gasteiger partial charge in [0.05, 0.1) is 24.2 Å². The molecule has 3 heterocycles. The largest absolute Gasteiger partial charge is 0.484 e. The summed E-state index contributed by atoms with van der Waals surface area (Å²) in [6, 6.07) is 7.34. The molecular formula is C20H22N2O4. The van der Waals surface area contributed by atoms with Gasteiger partial charge >= 0.3 is 0 Å². The fraction of sp³-hybridized carbons (Fsp3) is 0.450. The number of Topliss-reactive ketones (excluding diaryl/α,β-unsaturated/α-hetero) is 1. The fourth-order valence-corrected chi connectivity index (χ4v) is 3.98. The predicted molar refractivity (Wildman–Crippen MR) is 94.2 cm³/mol. The number of hydrogen-bond donors (Lipinski definition) is 0. The lowest BCUT2D eigenvalue weighted by molar-refractivity contribution is -0.130. The highest BCUT2D eigenvalue weighted by molar-refractivity contribution is 6.00. The summed E-state index contributed by atoms with van der Waals surface area (Å²) in [4.78, 5) is 26.9. The van der Waals surface area contributed by atoms with Gasteiger partial charge in [0.2, 0.25) is 5.91 Å². The SMILES string of the molecule is Cc1noc(C)c1CCC(=O)N1CCC2(CC(=O)c3ccccc3O2)C1. The number of aryl methyl sites for hydroxylation is 2. The summed E-state index contributed by atoms with van der Waals surface area (Å²) in [7, 11) is 0. The molecule has 2 aliphatic rings. The number of hydrogen-bond acceptors (Lipinski definition) is 5. The second-order valence-corrected chi connectivity index (χ2v) is 7.25. The maximum Gasteiger partial charge on any atom is 0.223 e. The number of rotatable bonds is 3. The Morgan fingerprint density at radius 2 is 2.12 bits per heavy atom. The zero-order valence-electron chi connectivity index (χ0n) is 15.1. The van der Waals surface area contributed by atoms with Crippen molar-refractivity contribution in [2.75, 3.05) is 13.1 Å². The summed E-state index contributed by atoms with van der Waals surface area (Å²) in [5.74, 6) is 1.58. The van der Waals surface area contributed by atoms with Crippen LogP contribution in [0.5, 0.6) is 5.75 Å². The number of carbonyl (C=O) groups excluding carboxylic acids is 2. The molecule has 1 fully saturated rings. The van der Waals surface area contributed by atoms with E-state index in [9.17, 15) is 9.59 Å². The Labute approximate surface area is 152 Å². The van der Waals surface area contributed by atoms with E-state index in [4.69, 9.17) is 9.26 Å². The first-order valence-corrected chi connectivity index (χ1v) is 8.98. The molecule has 0 bridgehead atoms. The van der Waals surface area contributed by atoms with Gasteiger partial charge < -0.3 is 14.2 Å². The van der Waals surface area contributed by atoms with Crippen LogP contribution in [0, 0.1) is 13.8 Å². The first kappa shape index (κ1) is 16.8. The van der Waals surface area contributed by atoms with Gasteiger partial charge in [0.25, 0.3) is 0 Å². The van der Waals surface area contributed by atoms with Gasteiger partial charge in [0, 0.05) is 24.9 Å². The molecule has 2 aliphatic heterocycles. The van der Waals surface area contributed by atoms with E-state index in [1.165, 1.54) is 0 Å². The normalized spacial score (nSPS) is 21.8. The molecule has 1 saturated heterocycles. The molecule has 136 valence electrons. The minimum absolute atomic E-state index is 0.0804. The third-order valence-corrected chi connectivity index (χ3v) is 5.44. The Morgan fingerprint density at radius 1 is 1.31 bits per heavy atom. The van der Waals surface area contributed by atoms with Gasteiger partial charge in [-0.25, -0.2) is 0 Å². The third-order valence-electron chi connectivity index (χ3n) is 5.44. The number of para-hydroxylation sites is 1. The number of ether oxygens (including phenoxy) is 1. The van der Waals surface area contributed by atoms with Crippen molar-refractivity contribution in [3.05, 3.63) is 46.8 Å². The van der Waals surface area contributed by atoms with Crippen LogP contribution in [0.4, 0.5) is 0 Å². The van der Waals surface area contributed by atoms with Gasteiger partial charge in [-0.15, -0.1) is 0 Å². The van der Waals surface area contributed by atoms with Crippen LogP contribution in [0.3, 0.4) is 0 Å². The molecule has 6 heteroatoms. The molecule has 6 nitrogen and oxygen atoms in total. The molecule has 1 spiro atoms. The molecule has 0 aliphatic carbocycles. The Hall–Kier alpha value is -2.63. The van der Waals surface area contributed by atoms with Crippen LogP contribution < -0.4 is 4.74 Å². The number of fused-ring (bicyclic) bond motifs is 1. The van der Waals surface area contributed by atoms with E-state index >= 15 is 0 Å². The smallest absolute Gasteiger partial charge is 0.223 e.